The zero-order valence-corrected chi connectivity index (χ0v) is 42.5. The number of hydrogen-bond donors (Lipinski definition) is 3. The first-order valence-electron chi connectivity index (χ1n) is 27.9. The molecule has 0 spiro atoms. The molecule has 374 valence electrons. The summed E-state index contributed by atoms with van der Waals surface area (Å²) in [5, 5.41) is 23.1. The number of aliphatic hydroxyl groups excluding tert-OH is 2. The van der Waals surface area contributed by atoms with Gasteiger partial charge >= 0.3 is 5.97 Å². The first-order valence-corrected chi connectivity index (χ1v) is 27.9. The molecule has 6 nitrogen and oxygen atoms in total. The molecular weight excluding hydrogens is 791 g/mol. The maximum absolute atomic E-state index is 12.5. The lowest BCUT2D eigenvalue weighted by molar-refractivity contribution is -0.143. The minimum absolute atomic E-state index is 0.0407. The number of allylic oxidation sites excluding steroid dienone is 7. The van der Waals surface area contributed by atoms with Gasteiger partial charge in [0.25, 0.3) is 0 Å². The number of nitrogens with one attached hydrogen (secondary N) is 1. The molecule has 0 aliphatic carbocycles. The Kier molecular flexibility index (Phi) is 51.6. The Hall–Kier alpha value is -2.18. The molecule has 2 unspecified atom stereocenters. The Bertz CT molecular complexity index is 1080. The number of carbonyl (C=O) groups excluding carboxylic acids is 2. The van der Waals surface area contributed by atoms with Crippen LogP contribution in [0, 0.1) is 0 Å². The molecule has 0 fully saturated rings. The minimum atomic E-state index is -0.864. The Balaban J connectivity index is 3.55. The van der Waals surface area contributed by atoms with E-state index in [2.05, 4.69) is 55.6 Å². The third-order valence-corrected chi connectivity index (χ3v) is 12.6. The second-order valence-corrected chi connectivity index (χ2v) is 18.9. The van der Waals surface area contributed by atoms with Gasteiger partial charge in [-0.05, 0) is 89.9 Å². The number of esters is 1. The molecule has 0 aliphatic rings. The quantitative estimate of drug-likeness (QED) is 0.0321. The van der Waals surface area contributed by atoms with E-state index in [-0.39, 0.29) is 18.5 Å². The van der Waals surface area contributed by atoms with Crippen molar-refractivity contribution in [1.82, 2.24) is 5.32 Å². The van der Waals surface area contributed by atoms with Crippen LogP contribution in [0.15, 0.2) is 48.6 Å². The van der Waals surface area contributed by atoms with E-state index in [1.807, 2.05) is 6.08 Å². The summed E-state index contributed by atoms with van der Waals surface area (Å²) in [6.45, 7) is 4.81. The van der Waals surface area contributed by atoms with Crippen molar-refractivity contribution >= 4 is 11.9 Å². The summed E-state index contributed by atoms with van der Waals surface area (Å²) in [6.07, 6.45) is 66.9. The number of ether oxygens (including phenoxy) is 1. The molecule has 0 bridgehead atoms. The van der Waals surface area contributed by atoms with E-state index in [4.69, 9.17) is 4.74 Å². The number of carbonyl (C=O) groups is 2. The minimum Gasteiger partial charge on any atom is -0.466 e. The molecule has 0 aromatic carbocycles. The molecule has 0 aromatic heterocycles. The average Bonchev–Trinajstić information content (AvgIpc) is 3.29. The van der Waals surface area contributed by atoms with Crippen LogP contribution in [0.1, 0.15) is 284 Å². The molecule has 0 heterocycles. The maximum Gasteiger partial charge on any atom is 0.305 e. The van der Waals surface area contributed by atoms with Gasteiger partial charge in [-0.1, -0.05) is 229 Å². The van der Waals surface area contributed by atoms with Gasteiger partial charge in [0.2, 0.25) is 5.91 Å². The predicted octanol–water partition coefficient (Wildman–Crippen LogP) is 17.0. The largest absolute Gasteiger partial charge is 0.466 e. The highest BCUT2D eigenvalue weighted by atomic mass is 16.5. The van der Waals surface area contributed by atoms with Crippen LogP contribution in [0.5, 0.6) is 0 Å². The van der Waals surface area contributed by atoms with E-state index in [0.717, 1.165) is 89.9 Å². The highest BCUT2D eigenvalue weighted by Crippen LogP contribution is 2.16. The molecule has 0 aromatic rings. The fourth-order valence-corrected chi connectivity index (χ4v) is 8.25. The lowest BCUT2D eigenvalue weighted by Crippen LogP contribution is -2.45. The van der Waals surface area contributed by atoms with Gasteiger partial charge in [-0.2, -0.15) is 0 Å². The predicted molar refractivity (Wildman–Crippen MR) is 278 cm³/mol. The van der Waals surface area contributed by atoms with Crippen LogP contribution < -0.4 is 5.32 Å². The van der Waals surface area contributed by atoms with Crippen LogP contribution in [0.25, 0.3) is 0 Å². The molecule has 2 atom stereocenters. The second-order valence-electron chi connectivity index (χ2n) is 18.9. The zero-order chi connectivity index (χ0) is 46.5. The molecular formula is C58H107NO5. The van der Waals surface area contributed by atoms with E-state index in [1.54, 1.807) is 6.08 Å². The fraction of sp³-hybridized carbons (Fsp3) is 0.828. The topological polar surface area (TPSA) is 95.9 Å². The molecule has 0 aliphatic heterocycles. The normalized spacial score (nSPS) is 13.0. The molecule has 0 saturated heterocycles. The van der Waals surface area contributed by atoms with Gasteiger partial charge in [-0.25, -0.2) is 0 Å². The lowest BCUT2D eigenvalue weighted by atomic mass is 10.0. The summed E-state index contributed by atoms with van der Waals surface area (Å²) in [7, 11) is 0. The van der Waals surface area contributed by atoms with Gasteiger partial charge in [-0.15, -0.1) is 0 Å². The highest BCUT2D eigenvalue weighted by molar-refractivity contribution is 5.76. The summed E-state index contributed by atoms with van der Waals surface area (Å²) >= 11 is 0. The second kappa shape index (κ2) is 53.4. The number of unbranched alkanes of at least 4 members (excludes halogenated alkanes) is 34. The van der Waals surface area contributed by atoms with Gasteiger partial charge in [0.15, 0.2) is 0 Å². The van der Waals surface area contributed by atoms with Crippen molar-refractivity contribution in [3.8, 4) is 0 Å². The van der Waals surface area contributed by atoms with Gasteiger partial charge < -0.3 is 20.3 Å². The molecule has 0 saturated carbocycles. The SMILES string of the molecule is CCCCCC/C=C\C/C=C\CCCCCCCCCC(=O)OCCCC/C=C\CCCCCCCC(=O)NC(CO)C(O)/C=C/CCCCCCCCCCCCCCCCCC. The molecule has 3 N–H and O–H groups in total. The third kappa shape index (κ3) is 49.3. The summed E-state index contributed by atoms with van der Waals surface area (Å²) in [4.78, 5) is 24.5. The van der Waals surface area contributed by atoms with Crippen molar-refractivity contribution < 1.29 is 24.5 Å². The van der Waals surface area contributed by atoms with E-state index in [9.17, 15) is 19.8 Å². The number of rotatable bonds is 51. The van der Waals surface area contributed by atoms with Crippen LogP contribution in [0.4, 0.5) is 0 Å². The van der Waals surface area contributed by atoms with E-state index in [0.29, 0.717) is 19.4 Å². The van der Waals surface area contributed by atoms with Crippen LogP contribution in [-0.4, -0.2) is 47.4 Å². The first-order chi connectivity index (χ1) is 31.5. The molecule has 0 radical (unpaired) electrons. The summed E-state index contributed by atoms with van der Waals surface area (Å²) in [6, 6.07) is -0.651. The van der Waals surface area contributed by atoms with Crippen LogP contribution in [-0.2, 0) is 14.3 Å². The molecule has 0 rings (SSSR count). The smallest absolute Gasteiger partial charge is 0.305 e. The number of amides is 1. The van der Waals surface area contributed by atoms with E-state index in [1.165, 1.54) is 167 Å². The van der Waals surface area contributed by atoms with Crippen LogP contribution >= 0.6 is 0 Å². The first kappa shape index (κ1) is 61.8. The summed E-state index contributed by atoms with van der Waals surface area (Å²) in [5.41, 5.74) is 0. The van der Waals surface area contributed by atoms with Gasteiger partial charge in [-0.3, -0.25) is 9.59 Å². The van der Waals surface area contributed by atoms with E-state index < -0.39 is 12.1 Å². The maximum atomic E-state index is 12.5. The van der Waals surface area contributed by atoms with E-state index >= 15 is 0 Å². The average molecular weight is 898 g/mol. The Labute approximate surface area is 397 Å². The zero-order valence-electron chi connectivity index (χ0n) is 42.5. The molecule has 6 heteroatoms. The molecule has 1 amide bonds. The summed E-state index contributed by atoms with van der Waals surface area (Å²) in [5.74, 6) is -0.138. The van der Waals surface area contributed by atoms with Crippen molar-refractivity contribution in [3.63, 3.8) is 0 Å². The highest BCUT2D eigenvalue weighted by Gasteiger charge is 2.18. The lowest BCUT2D eigenvalue weighted by Gasteiger charge is -2.20. The molecule has 64 heavy (non-hydrogen) atoms. The Morgan fingerprint density at radius 2 is 0.781 bits per heavy atom. The van der Waals surface area contributed by atoms with Gasteiger partial charge in [0, 0.05) is 12.8 Å². The Morgan fingerprint density at radius 1 is 0.438 bits per heavy atom. The van der Waals surface area contributed by atoms with Crippen LogP contribution in [0.3, 0.4) is 0 Å². The van der Waals surface area contributed by atoms with Crippen molar-refractivity contribution in [2.75, 3.05) is 13.2 Å². The summed E-state index contributed by atoms with van der Waals surface area (Å²) < 4.78 is 5.44. The van der Waals surface area contributed by atoms with Crippen molar-refractivity contribution in [3.05, 3.63) is 48.6 Å². The van der Waals surface area contributed by atoms with Crippen LogP contribution in [0.2, 0.25) is 0 Å². The van der Waals surface area contributed by atoms with Crippen molar-refractivity contribution in [2.45, 2.75) is 296 Å². The van der Waals surface area contributed by atoms with Crippen molar-refractivity contribution in [1.29, 1.82) is 0 Å². The Morgan fingerprint density at radius 3 is 1.22 bits per heavy atom. The monoisotopic (exact) mass is 898 g/mol. The number of hydrogen-bond acceptors (Lipinski definition) is 5. The standard InChI is InChI=1S/C58H107NO5/c1-3-5-7-9-11-13-15-17-19-21-23-25-27-30-34-38-42-46-50-56(61)55(54-60)59-57(62)51-47-43-39-35-31-29-33-37-41-45-49-53-64-58(63)52-48-44-40-36-32-28-26-24-22-20-18-16-14-12-10-8-6-4-2/h14,16,20,22,33,37,46,50,55-56,60-61H,3-13,15,17-19,21,23-32,34-36,38-45,47-49,51-54H2,1-2H3,(H,59,62)/b16-14-,22-20-,37-33-,50-46+. The van der Waals surface area contributed by atoms with Gasteiger partial charge in [0.05, 0.1) is 25.4 Å². The fourth-order valence-electron chi connectivity index (χ4n) is 8.25. The number of aliphatic hydroxyl groups is 2. The van der Waals surface area contributed by atoms with Gasteiger partial charge in [0.1, 0.15) is 0 Å². The third-order valence-electron chi connectivity index (χ3n) is 12.6. The van der Waals surface area contributed by atoms with Crippen molar-refractivity contribution in [2.24, 2.45) is 0 Å².